The Kier molecular flexibility index (Phi) is 4.61. The minimum absolute atomic E-state index is 0.102. The smallest absolute Gasteiger partial charge is 0.119 e. The summed E-state index contributed by atoms with van der Waals surface area (Å²) in [4.78, 5) is 0. The molecule has 0 saturated heterocycles. The highest BCUT2D eigenvalue weighted by Crippen LogP contribution is 2.32. The van der Waals surface area contributed by atoms with Crippen molar-refractivity contribution in [1.82, 2.24) is 0 Å². The highest BCUT2D eigenvalue weighted by atomic mass is 16.3. The van der Waals surface area contributed by atoms with Crippen molar-refractivity contribution in [2.45, 2.75) is 45.3 Å². The first-order chi connectivity index (χ1) is 8.62. The fourth-order valence-corrected chi connectivity index (χ4v) is 1.67. The van der Waals surface area contributed by atoms with E-state index in [2.05, 4.69) is 0 Å². The molecule has 4 N–H and O–H groups in total. The van der Waals surface area contributed by atoms with Crippen LogP contribution in [0.2, 0.25) is 0 Å². The maximum absolute atomic E-state index is 9.85. The summed E-state index contributed by atoms with van der Waals surface area (Å²) in [5.74, 6) is 0.0322. The van der Waals surface area contributed by atoms with Gasteiger partial charge in [-0.15, -0.1) is 0 Å². The second-order valence-corrected chi connectivity index (χ2v) is 5.47. The van der Waals surface area contributed by atoms with Gasteiger partial charge in [0.1, 0.15) is 17.6 Å². The third kappa shape index (κ3) is 3.98. The predicted octanol–water partition coefficient (Wildman–Crippen LogP) is 2.20. The normalized spacial score (nSPS) is 15.7. The van der Waals surface area contributed by atoms with Crippen molar-refractivity contribution in [2.75, 3.05) is 0 Å². The van der Waals surface area contributed by atoms with Crippen molar-refractivity contribution in [3.05, 3.63) is 35.4 Å². The molecule has 0 aliphatic carbocycles. The van der Waals surface area contributed by atoms with Crippen LogP contribution in [-0.2, 0) is 0 Å². The van der Waals surface area contributed by atoms with E-state index < -0.39 is 11.7 Å². The first kappa shape index (κ1) is 15.5. The molecular weight excluding hydrogens is 244 g/mol. The molecule has 2 atom stereocenters. The molecule has 0 aromatic heterocycles. The summed E-state index contributed by atoms with van der Waals surface area (Å²) in [6, 6.07) is 3.01. The number of rotatable bonds is 4. The van der Waals surface area contributed by atoms with Gasteiger partial charge in [-0.2, -0.15) is 0 Å². The van der Waals surface area contributed by atoms with Crippen molar-refractivity contribution in [3.63, 3.8) is 0 Å². The van der Waals surface area contributed by atoms with Crippen molar-refractivity contribution >= 4 is 0 Å². The average molecular weight is 266 g/mol. The Morgan fingerprint density at radius 2 is 1.68 bits per heavy atom. The molecule has 0 saturated carbocycles. The highest BCUT2D eigenvalue weighted by Gasteiger charge is 2.22. The molecule has 4 heteroatoms. The van der Waals surface area contributed by atoms with Crippen LogP contribution in [0.15, 0.2) is 24.3 Å². The number of phenolic OH excluding ortho intramolecular Hbond substituents is 2. The second kappa shape index (κ2) is 5.63. The zero-order valence-electron chi connectivity index (χ0n) is 11.8. The third-order valence-electron chi connectivity index (χ3n) is 3.14. The van der Waals surface area contributed by atoms with Crippen LogP contribution in [0.1, 0.15) is 37.8 Å². The van der Waals surface area contributed by atoms with E-state index in [0.29, 0.717) is 11.1 Å². The molecule has 106 valence electrons. The van der Waals surface area contributed by atoms with Crippen molar-refractivity contribution < 1.29 is 20.4 Å². The van der Waals surface area contributed by atoms with Crippen LogP contribution in [0, 0.1) is 6.92 Å². The quantitative estimate of drug-likeness (QED) is 0.497. The van der Waals surface area contributed by atoms with Gasteiger partial charge in [-0.1, -0.05) is 19.1 Å². The molecule has 4 nitrogen and oxygen atoms in total. The molecule has 0 spiro atoms. The van der Waals surface area contributed by atoms with Crippen LogP contribution >= 0.6 is 0 Å². The van der Waals surface area contributed by atoms with Gasteiger partial charge in [-0.05, 0) is 38.5 Å². The SMILES string of the molecule is Cc1cc(O)c([C@H](C)C=C[C@H](O)C(C)(C)O)cc1O. The van der Waals surface area contributed by atoms with Crippen LogP contribution in [0.3, 0.4) is 0 Å². The lowest BCUT2D eigenvalue weighted by molar-refractivity contribution is -0.0227. The van der Waals surface area contributed by atoms with Gasteiger partial charge in [-0.3, -0.25) is 0 Å². The van der Waals surface area contributed by atoms with Gasteiger partial charge < -0.3 is 20.4 Å². The van der Waals surface area contributed by atoms with E-state index in [-0.39, 0.29) is 17.4 Å². The van der Waals surface area contributed by atoms with E-state index >= 15 is 0 Å². The molecule has 0 heterocycles. The topological polar surface area (TPSA) is 80.9 Å². The predicted molar refractivity (Wildman–Crippen MR) is 74.4 cm³/mol. The van der Waals surface area contributed by atoms with Crippen LogP contribution in [0.5, 0.6) is 11.5 Å². The van der Waals surface area contributed by atoms with Gasteiger partial charge in [0.15, 0.2) is 0 Å². The molecule has 0 bridgehead atoms. The number of aromatic hydroxyl groups is 2. The first-order valence-corrected chi connectivity index (χ1v) is 6.24. The van der Waals surface area contributed by atoms with E-state index in [1.54, 1.807) is 13.0 Å². The molecule has 0 unspecified atom stereocenters. The number of aliphatic hydroxyl groups excluding tert-OH is 1. The van der Waals surface area contributed by atoms with Crippen LogP contribution in [0.4, 0.5) is 0 Å². The number of aliphatic hydroxyl groups is 2. The maximum Gasteiger partial charge on any atom is 0.119 e. The largest absolute Gasteiger partial charge is 0.508 e. The van der Waals surface area contributed by atoms with Gasteiger partial charge >= 0.3 is 0 Å². The van der Waals surface area contributed by atoms with E-state index in [1.165, 1.54) is 32.1 Å². The average Bonchev–Trinajstić information content (AvgIpc) is 2.29. The number of phenols is 2. The van der Waals surface area contributed by atoms with Gasteiger partial charge in [-0.25, -0.2) is 0 Å². The van der Waals surface area contributed by atoms with E-state index in [9.17, 15) is 20.4 Å². The van der Waals surface area contributed by atoms with Crippen molar-refractivity contribution in [2.24, 2.45) is 0 Å². The lowest BCUT2D eigenvalue weighted by atomic mass is 9.95. The molecule has 1 rings (SSSR count). The number of allylic oxidation sites excluding steroid dienone is 1. The van der Waals surface area contributed by atoms with E-state index in [1.807, 2.05) is 6.92 Å². The molecule has 19 heavy (non-hydrogen) atoms. The van der Waals surface area contributed by atoms with E-state index in [0.717, 1.165) is 0 Å². The molecule has 0 fully saturated rings. The number of hydrogen-bond donors (Lipinski definition) is 4. The van der Waals surface area contributed by atoms with Crippen molar-refractivity contribution in [1.29, 1.82) is 0 Å². The number of benzene rings is 1. The first-order valence-electron chi connectivity index (χ1n) is 6.24. The summed E-state index contributed by atoms with van der Waals surface area (Å²) in [5, 5.41) is 38.8. The third-order valence-corrected chi connectivity index (χ3v) is 3.14. The molecule has 0 amide bonds. The summed E-state index contributed by atoms with van der Waals surface area (Å²) in [6.45, 7) is 6.57. The summed E-state index contributed by atoms with van der Waals surface area (Å²) >= 11 is 0. The lowest BCUT2D eigenvalue weighted by Crippen LogP contribution is -2.34. The Morgan fingerprint density at radius 3 is 2.21 bits per heavy atom. The summed E-state index contributed by atoms with van der Waals surface area (Å²) in [7, 11) is 0. The van der Waals surface area contributed by atoms with Gasteiger partial charge in [0, 0.05) is 11.5 Å². The van der Waals surface area contributed by atoms with Crippen LogP contribution in [-0.4, -0.2) is 32.1 Å². The molecule has 1 aromatic carbocycles. The highest BCUT2D eigenvalue weighted by molar-refractivity contribution is 5.47. The Bertz CT molecular complexity index is 472. The molecule has 0 radical (unpaired) electrons. The van der Waals surface area contributed by atoms with Gasteiger partial charge in [0.05, 0.1) is 5.60 Å². The maximum atomic E-state index is 9.85. The Labute approximate surface area is 113 Å². The lowest BCUT2D eigenvalue weighted by Gasteiger charge is -2.22. The molecular formula is C15H22O4. The standard InChI is InChI=1S/C15H22O4/c1-9(5-6-14(18)15(3,4)19)11-8-12(16)10(2)7-13(11)17/h5-9,14,16-19H,1-4H3/t9-,14+/m1/s1. The molecule has 0 aliphatic heterocycles. The fraction of sp³-hybridized carbons (Fsp3) is 0.467. The van der Waals surface area contributed by atoms with Crippen molar-refractivity contribution in [3.8, 4) is 11.5 Å². The Balaban J connectivity index is 2.93. The van der Waals surface area contributed by atoms with Crippen LogP contribution in [0.25, 0.3) is 0 Å². The monoisotopic (exact) mass is 266 g/mol. The minimum atomic E-state index is -1.21. The summed E-state index contributed by atoms with van der Waals surface area (Å²) in [6.07, 6.45) is 2.18. The number of aryl methyl sites for hydroxylation is 1. The second-order valence-electron chi connectivity index (χ2n) is 5.47. The summed E-state index contributed by atoms with van der Waals surface area (Å²) < 4.78 is 0. The molecule has 0 aliphatic rings. The van der Waals surface area contributed by atoms with Gasteiger partial charge in [0.25, 0.3) is 0 Å². The van der Waals surface area contributed by atoms with Crippen LogP contribution < -0.4 is 0 Å². The minimum Gasteiger partial charge on any atom is -0.508 e. The van der Waals surface area contributed by atoms with E-state index in [4.69, 9.17) is 0 Å². The fourth-order valence-electron chi connectivity index (χ4n) is 1.67. The Hall–Kier alpha value is -1.52. The number of hydrogen-bond acceptors (Lipinski definition) is 4. The summed E-state index contributed by atoms with van der Waals surface area (Å²) in [5.41, 5.74) is -0.0375. The Morgan fingerprint density at radius 1 is 1.11 bits per heavy atom. The van der Waals surface area contributed by atoms with Gasteiger partial charge in [0.2, 0.25) is 0 Å². The zero-order valence-corrected chi connectivity index (χ0v) is 11.8. The zero-order chi connectivity index (χ0) is 14.8. The molecule has 1 aromatic rings.